The smallest absolute Gasteiger partial charge is 0.114 e. The van der Waals surface area contributed by atoms with E-state index in [0.717, 1.165) is 56.9 Å². The Hall–Kier alpha value is -4.34. The van der Waals surface area contributed by atoms with Gasteiger partial charge in [-0.2, -0.15) is 20.4 Å². The quantitative estimate of drug-likeness (QED) is 0.243. The molecule has 10 nitrogen and oxygen atoms in total. The number of hydrogen-bond acceptors (Lipinski definition) is 6. The summed E-state index contributed by atoms with van der Waals surface area (Å²) in [6.07, 6.45) is 0. The summed E-state index contributed by atoms with van der Waals surface area (Å²) < 4.78 is 8.19. The topological polar surface area (TPSA) is 77.8 Å². The molecular weight excluding hydrogens is 500 g/mol. The summed E-state index contributed by atoms with van der Waals surface area (Å²) in [4.78, 5) is 4.60. The highest BCUT2D eigenvalue weighted by atomic mass is 15.5. The second kappa shape index (κ2) is 11.0. The van der Waals surface area contributed by atoms with E-state index in [2.05, 4.69) is 86.0 Å². The molecule has 0 unspecified atom stereocenters. The average Bonchev–Trinajstić information content (AvgIpc) is 3.59. The van der Waals surface area contributed by atoms with Crippen molar-refractivity contribution < 1.29 is 0 Å². The standard InChI is InChI=1S/C30H40N10/c1-21-13-25(5)37(31-21)17-35(18-38-26(6)14-22(2)32-38)29-9-11-30(12-10-29)36(19-39-27(7)15-23(3)33-39)20-40-28(8)16-24(4)34-40/h9-16H,17-20H2,1-8H3. The van der Waals surface area contributed by atoms with Crippen molar-refractivity contribution in [2.45, 2.75) is 82.1 Å². The van der Waals surface area contributed by atoms with Gasteiger partial charge in [-0.05, 0) is 104 Å². The SMILES string of the molecule is Cc1cc(C)n(CN(Cn2nc(C)cc2C)c2ccc(N(Cn3nc(C)cc3C)Cn3nc(C)cc3C)cc2)n1. The predicted molar refractivity (Wildman–Crippen MR) is 158 cm³/mol. The Labute approximate surface area is 236 Å². The van der Waals surface area contributed by atoms with Gasteiger partial charge in [0.05, 0.1) is 22.8 Å². The molecule has 1 aromatic carbocycles. The lowest BCUT2D eigenvalue weighted by Crippen LogP contribution is -2.32. The molecule has 10 heteroatoms. The van der Waals surface area contributed by atoms with Gasteiger partial charge < -0.3 is 9.80 Å². The highest BCUT2D eigenvalue weighted by Gasteiger charge is 2.16. The normalized spacial score (nSPS) is 11.4. The largest absolute Gasteiger partial charge is 0.332 e. The zero-order valence-corrected chi connectivity index (χ0v) is 24.9. The fourth-order valence-corrected chi connectivity index (χ4v) is 5.21. The highest BCUT2D eigenvalue weighted by Crippen LogP contribution is 2.24. The van der Waals surface area contributed by atoms with E-state index in [-0.39, 0.29) is 0 Å². The molecule has 0 amide bonds. The van der Waals surface area contributed by atoms with Gasteiger partial charge in [-0.25, -0.2) is 18.7 Å². The third kappa shape index (κ3) is 5.95. The maximum atomic E-state index is 4.72. The fourth-order valence-electron chi connectivity index (χ4n) is 5.21. The zero-order chi connectivity index (χ0) is 28.6. The van der Waals surface area contributed by atoms with Gasteiger partial charge >= 0.3 is 0 Å². The van der Waals surface area contributed by atoms with Crippen molar-refractivity contribution in [2.24, 2.45) is 0 Å². The third-order valence-corrected chi connectivity index (χ3v) is 7.21. The van der Waals surface area contributed by atoms with Crippen LogP contribution >= 0.6 is 0 Å². The average molecular weight is 541 g/mol. The Morgan fingerprint density at radius 3 is 0.825 bits per heavy atom. The van der Waals surface area contributed by atoms with Crippen LogP contribution in [0.4, 0.5) is 11.4 Å². The Balaban J connectivity index is 1.46. The summed E-state index contributed by atoms with van der Waals surface area (Å²) in [6, 6.07) is 17.2. The summed E-state index contributed by atoms with van der Waals surface area (Å²) in [5, 5.41) is 18.9. The van der Waals surface area contributed by atoms with Crippen LogP contribution in [-0.2, 0) is 26.7 Å². The lowest BCUT2D eigenvalue weighted by molar-refractivity contribution is 0.482. The van der Waals surface area contributed by atoms with Crippen LogP contribution in [-0.4, -0.2) is 39.1 Å². The predicted octanol–water partition coefficient (Wildman–Crippen LogP) is 5.18. The van der Waals surface area contributed by atoms with E-state index in [9.17, 15) is 0 Å². The van der Waals surface area contributed by atoms with E-state index in [4.69, 9.17) is 20.4 Å². The van der Waals surface area contributed by atoms with Gasteiger partial charge in [0.1, 0.15) is 26.7 Å². The summed E-state index contributed by atoms with van der Waals surface area (Å²) >= 11 is 0. The maximum Gasteiger partial charge on any atom is 0.114 e. The van der Waals surface area contributed by atoms with E-state index >= 15 is 0 Å². The number of anilines is 2. The van der Waals surface area contributed by atoms with Crippen LogP contribution in [0.2, 0.25) is 0 Å². The van der Waals surface area contributed by atoms with Gasteiger partial charge in [0.15, 0.2) is 0 Å². The molecule has 5 rings (SSSR count). The minimum Gasteiger partial charge on any atom is -0.332 e. The van der Waals surface area contributed by atoms with E-state index in [0.29, 0.717) is 26.7 Å². The van der Waals surface area contributed by atoms with Gasteiger partial charge in [-0.3, -0.25) is 0 Å². The van der Waals surface area contributed by atoms with Crippen molar-refractivity contribution in [3.8, 4) is 0 Å². The maximum absolute atomic E-state index is 4.72. The molecule has 0 aliphatic carbocycles. The van der Waals surface area contributed by atoms with Crippen LogP contribution in [0.5, 0.6) is 0 Å². The van der Waals surface area contributed by atoms with Crippen molar-refractivity contribution in [2.75, 3.05) is 9.80 Å². The van der Waals surface area contributed by atoms with E-state index in [1.807, 2.05) is 46.4 Å². The molecule has 0 aliphatic rings. The molecule has 210 valence electrons. The Morgan fingerprint density at radius 1 is 0.425 bits per heavy atom. The van der Waals surface area contributed by atoms with Gasteiger partial charge in [-0.1, -0.05) is 0 Å². The fraction of sp³-hybridized carbons (Fsp3) is 0.400. The Morgan fingerprint density at radius 2 is 0.650 bits per heavy atom. The van der Waals surface area contributed by atoms with Crippen molar-refractivity contribution in [1.29, 1.82) is 0 Å². The van der Waals surface area contributed by atoms with E-state index in [1.54, 1.807) is 0 Å². The molecule has 0 spiro atoms. The number of hydrogen-bond donors (Lipinski definition) is 0. The van der Waals surface area contributed by atoms with Crippen LogP contribution in [0, 0.1) is 55.4 Å². The zero-order valence-electron chi connectivity index (χ0n) is 24.9. The molecule has 0 radical (unpaired) electrons. The molecular formula is C30H40N10. The monoisotopic (exact) mass is 540 g/mol. The van der Waals surface area contributed by atoms with Gasteiger partial charge in [0.25, 0.3) is 0 Å². The van der Waals surface area contributed by atoms with Gasteiger partial charge in [-0.15, -0.1) is 0 Å². The third-order valence-electron chi connectivity index (χ3n) is 7.21. The number of benzene rings is 1. The number of rotatable bonds is 10. The van der Waals surface area contributed by atoms with Crippen molar-refractivity contribution in [3.05, 3.63) is 94.1 Å². The van der Waals surface area contributed by atoms with Gasteiger partial charge in [0, 0.05) is 34.2 Å². The summed E-state index contributed by atoms with van der Waals surface area (Å²) in [7, 11) is 0. The molecule has 4 heterocycles. The van der Waals surface area contributed by atoms with Crippen molar-refractivity contribution in [3.63, 3.8) is 0 Å². The second-order valence-electron chi connectivity index (χ2n) is 10.9. The van der Waals surface area contributed by atoms with Crippen LogP contribution in [0.25, 0.3) is 0 Å². The van der Waals surface area contributed by atoms with E-state index in [1.165, 1.54) is 0 Å². The van der Waals surface area contributed by atoms with Crippen LogP contribution < -0.4 is 9.80 Å². The molecule has 0 bridgehead atoms. The Bertz CT molecular complexity index is 1380. The summed E-state index contributed by atoms with van der Waals surface area (Å²) in [5.74, 6) is 0. The lowest BCUT2D eigenvalue weighted by Gasteiger charge is -2.28. The van der Waals surface area contributed by atoms with Gasteiger partial charge in [0.2, 0.25) is 0 Å². The Kier molecular flexibility index (Phi) is 7.51. The first kappa shape index (κ1) is 27.2. The molecule has 0 saturated heterocycles. The number of nitrogens with zero attached hydrogens (tertiary/aromatic N) is 10. The molecule has 5 aromatic rings. The molecule has 0 atom stereocenters. The molecule has 0 aliphatic heterocycles. The van der Waals surface area contributed by atoms with Crippen LogP contribution in [0.3, 0.4) is 0 Å². The molecule has 0 saturated carbocycles. The minimum absolute atomic E-state index is 0.624. The molecule has 0 N–H and O–H groups in total. The first-order chi connectivity index (χ1) is 19.0. The molecule has 40 heavy (non-hydrogen) atoms. The van der Waals surface area contributed by atoms with E-state index < -0.39 is 0 Å². The number of aromatic nitrogens is 8. The minimum atomic E-state index is 0.624. The van der Waals surface area contributed by atoms with Crippen molar-refractivity contribution >= 4 is 11.4 Å². The second-order valence-corrected chi connectivity index (χ2v) is 10.9. The lowest BCUT2D eigenvalue weighted by atomic mass is 10.2. The summed E-state index contributed by atoms with van der Waals surface area (Å²) in [6.45, 7) is 19.0. The first-order valence-electron chi connectivity index (χ1n) is 13.7. The van der Waals surface area contributed by atoms with Crippen LogP contribution in [0.15, 0.2) is 48.5 Å². The summed E-state index contributed by atoms with van der Waals surface area (Å²) in [5.41, 5.74) is 10.8. The first-order valence-corrected chi connectivity index (χ1v) is 13.7. The molecule has 0 fully saturated rings. The van der Waals surface area contributed by atoms with Crippen molar-refractivity contribution in [1.82, 2.24) is 39.1 Å². The molecule has 4 aromatic heterocycles. The van der Waals surface area contributed by atoms with Crippen LogP contribution in [0.1, 0.15) is 45.6 Å². The highest BCUT2D eigenvalue weighted by molar-refractivity contribution is 5.55. The number of aryl methyl sites for hydroxylation is 8.